The molecule has 1 aliphatic rings. The molecule has 1 amide bonds. The van der Waals surface area contributed by atoms with Crippen LogP contribution >= 0.6 is 23.4 Å². The van der Waals surface area contributed by atoms with Crippen LogP contribution in [0, 0.1) is 0 Å². The van der Waals surface area contributed by atoms with Crippen molar-refractivity contribution in [3.63, 3.8) is 0 Å². The predicted molar refractivity (Wildman–Crippen MR) is 72.0 cm³/mol. The third-order valence-electron chi connectivity index (χ3n) is 2.81. The number of thioether (sulfide) groups is 1. The van der Waals surface area contributed by atoms with Gasteiger partial charge in [-0.1, -0.05) is 11.6 Å². The van der Waals surface area contributed by atoms with Crippen LogP contribution in [0.1, 0.15) is 16.8 Å². The Balaban J connectivity index is 2.11. The zero-order valence-corrected chi connectivity index (χ0v) is 11.2. The fourth-order valence-electron chi connectivity index (χ4n) is 1.85. The lowest BCUT2D eigenvalue weighted by atomic mass is 10.2. The summed E-state index contributed by atoms with van der Waals surface area (Å²) >= 11 is 7.65. The summed E-state index contributed by atoms with van der Waals surface area (Å²) in [6.07, 6.45) is 2.96. The van der Waals surface area contributed by atoms with E-state index in [1.807, 2.05) is 18.4 Å². The predicted octanol–water partition coefficient (Wildman–Crippen LogP) is 2.15. The van der Waals surface area contributed by atoms with Gasteiger partial charge in [0.2, 0.25) is 0 Å². The standard InChI is InChI=1S/C12H15ClN2OS/c1-17-9-2-3-11(13)10(6-9)12(16)15-8-4-5-14-7-8/h2-3,6,8,14H,4-5,7H2,1H3,(H,15,16)/t8-/m1/s1. The van der Waals surface area contributed by atoms with Gasteiger partial charge in [0.05, 0.1) is 10.6 Å². The van der Waals surface area contributed by atoms with Gasteiger partial charge in [0.25, 0.3) is 5.91 Å². The Morgan fingerprint density at radius 1 is 1.59 bits per heavy atom. The second-order valence-electron chi connectivity index (χ2n) is 4.01. The summed E-state index contributed by atoms with van der Waals surface area (Å²) in [7, 11) is 0. The fraction of sp³-hybridized carbons (Fsp3) is 0.417. The van der Waals surface area contributed by atoms with Gasteiger partial charge in [-0.3, -0.25) is 4.79 Å². The SMILES string of the molecule is CSc1ccc(Cl)c(C(=O)N[C@@H]2CCNC2)c1. The van der Waals surface area contributed by atoms with E-state index in [0.29, 0.717) is 10.6 Å². The van der Waals surface area contributed by atoms with Gasteiger partial charge in [0, 0.05) is 17.5 Å². The molecule has 1 aromatic carbocycles. The molecule has 2 rings (SSSR count). The van der Waals surface area contributed by atoms with Gasteiger partial charge in [-0.15, -0.1) is 11.8 Å². The highest BCUT2D eigenvalue weighted by Gasteiger charge is 2.19. The smallest absolute Gasteiger partial charge is 0.253 e. The van der Waals surface area contributed by atoms with E-state index >= 15 is 0 Å². The molecule has 1 atom stereocenters. The van der Waals surface area contributed by atoms with Crippen molar-refractivity contribution < 1.29 is 4.79 Å². The summed E-state index contributed by atoms with van der Waals surface area (Å²) in [6.45, 7) is 1.80. The van der Waals surface area contributed by atoms with E-state index in [-0.39, 0.29) is 11.9 Å². The monoisotopic (exact) mass is 270 g/mol. The number of carbonyl (C=O) groups excluding carboxylic acids is 1. The van der Waals surface area contributed by atoms with Crippen molar-refractivity contribution in [1.29, 1.82) is 0 Å². The lowest BCUT2D eigenvalue weighted by Gasteiger charge is -2.12. The number of nitrogens with one attached hydrogen (secondary N) is 2. The van der Waals surface area contributed by atoms with E-state index in [1.54, 1.807) is 17.8 Å². The van der Waals surface area contributed by atoms with Crippen molar-refractivity contribution in [3.8, 4) is 0 Å². The Labute approximate surface area is 110 Å². The number of benzene rings is 1. The summed E-state index contributed by atoms with van der Waals surface area (Å²) in [5, 5.41) is 6.71. The zero-order chi connectivity index (χ0) is 12.3. The number of halogens is 1. The first-order valence-electron chi connectivity index (χ1n) is 5.56. The normalized spacial score (nSPS) is 19.3. The number of amides is 1. The number of hydrogen-bond acceptors (Lipinski definition) is 3. The number of rotatable bonds is 3. The van der Waals surface area contributed by atoms with Gasteiger partial charge in [0.1, 0.15) is 0 Å². The van der Waals surface area contributed by atoms with Gasteiger partial charge >= 0.3 is 0 Å². The Hall–Kier alpha value is -0.710. The summed E-state index contributed by atoms with van der Waals surface area (Å²) in [5.41, 5.74) is 0.561. The maximum absolute atomic E-state index is 12.1. The molecule has 1 aliphatic heterocycles. The van der Waals surface area contributed by atoms with Crippen molar-refractivity contribution in [1.82, 2.24) is 10.6 Å². The van der Waals surface area contributed by atoms with Gasteiger partial charge < -0.3 is 10.6 Å². The van der Waals surface area contributed by atoms with Crippen LogP contribution in [0.25, 0.3) is 0 Å². The summed E-state index contributed by atoms with van der Waals surface area (Å²) < 4.78 is 0. The minimum Gasteiger partial charge on any atom is -0.348 e. The Bertz CT molecular complexity index is 419. The third kappa shape index (κ3) is 3.15. The van der Waals surface area contributed by atoms with Crippen LogP contribution in [0.5, 0.6) is 0 Å². The van der Waals surface area contributed by atoms with Gasteiger partial charge in [-0.2, -0.15) is 0 Å². The molecule has 0 bridgehead atoms. The van der Waals surface area contributed by atoms with Crippen molar-refractivity contribution >= 4 is 29.3 Å². The molecule has 92 valence electrons. The Morgan fingerprint density at radius 2 is 2.41 bits per heavy atom. The highest BCUT2D eigenvalue weighted by Crippen LogP contribution is 2.23. The first-order valence-corrected chi connectivity index (χ1v) is 7.16. The van der Waals surface area contributed by atoms with Crippen LogP contribution in [0.2, 0.25) is 5.02 Å². The maximum Gasteiger partial charge on any atom is 0.253 e. The average molecular weight is 271 g/mol. The molecule has 1 fully saturated rings. The van der Waals surface area contributed by atoms with Crippen molar-refractivity contribution in [3.05, 3.63) is 28.8 Å². The molecule has 17 heavy (non-hydrogen) atoms. The minimum atomic E-state index is -0.0837. The van der Waals surface area contributed by atoms with Crippen LogP contribution in [0.15, 0.2) is 23.1 Å². The first-order chi connectivity index (χ1) is 8.20. The Kier molecular flexibility index (Phi) is 4.31. The molecular weight excluding hydrogens is 256 g/mol. The molecule has 0 aromatic heterocycles. The second kappa shape index (κ2) is 5.76. The van der Waals surface area contributed by atoms with E-state index in [0.717, 1.165) is 24.4 Å². The number of hydrogen-bond donors (Lipinski definition) is 2. The molecule has 0 aliphatic carbocycles. The molecule has 0 saturated carbocycles. The number of carbonyl (C=O) groups is 1. The van der Waals surface area contributed by atoms with E-state index in [1.165, 1.54) is 0 Å². The molecule has 3 nitrogen and oxygen atoms in total. The highest BCUT2D eigenvalue weighted by atomic mass is 35.5. The quantitative estimate of drug-likeness (QED) is 0.827. The Morgan fingerprint density at radius 3 is 3.06 bits per heavy atom. The van der Waals surface area contributed by atoms with Crippen LogP contribution < -0.4 is 10.6 Å². The lowest BCUT2D eigenvalue weighted by molar-refractivity contribution is 0.0940. The van der Waals surface area contributed by atoms with Crippen LogP contribution in [0.4, 0.5) is 0 Å². The lowest BCUT2D eigenvalue weighted by Crippen LogP contribution is -2.36. The average Bonchev–Trinajstić information content (AvgIpc) is 2.82. The molecule has 2 N–H and O–H groups in total. The van der Waals surface area contributed by atoms with E-state index in [2.05, 4.69) is 10.6 Å². The van der Waals surface area contributed by atoms with Crippen LogP contribution in [0.3, 0.4) is 0 Å². The third-order valence-corrected chi connectivity index (χ3v) is 3.87. The minimum absolute atomic E-state index is 0.0837. The molecular formula is C12H15ClN2OS. The summed E-state index contributed by atoms with van der Waals surface area (Å²) in [6, 6.07) is 5.75. The maximum atomic E-state index is 12.1. The van der Waals surface area contributed by atoms with E-state index in [4.69, 9.17) is 11.6 Å². The van der Waals surface area contributed by atoms with Crippen molar-refractivity contribution in [2.24, 2.45) is 0 Å². The molecule has 0 spiro atoms. The zero-order valence-electron chi connectivity index (χ0n) is 9.63. The topological polar surface area (TPSA) is 41.1 Å². The molecule has 0 unspecified atom stereocenters. The molecule has 1 heterocycles. The first kappa shape index (κ1) is 12.7. The van der Waals surface area contributed by atoms with Gasteiger partial charge in [-0.05, 0) is 37.4 Å². The van der Waals surface area contributed by atoms with Crippen molar-refractivity contribution in [2.45, 2.75) is 17.4 Å². The summed E-state index contributed by atoms with van der Waals surface area (Å²) in [4.78, 5) is 13.1. The highest BCUT2D eigenvalue weighted by molar-refractivity contribution is 7.98. The largest absolute Gasteiger partial charge is 0.348 e. The van der Waals surface area contributed by atoms with E-state index < -0.39 is 0 Å². The fourth-order valence-corrected chi connectivity index (χ4v) is 2.49. The molecule has 1 saturated heterocycles. The molecule has 5 heteroatoms. The van der Waals surface area contributed by atoms with E-state index in [9.17, 15) is 4.79 Å². The van der Waals surface area contributed by atoms with Crippen LogP contribution in [-0.4, -0.2) is 31.3 Å². The van der Waals surface area contributed by atoms with Crippen LogP contribution in [-0.2, 0) is 0 Å². The van der Waals surface area contributed by atoms with Gasteiger partial charge in [-0.25, -0.2) is 0 Å². The van der Waals surface area contributed by atoms with Crippen molar-refractivity contribution in [2.75, 3.05) is 19.3 Å². The summed E-state index contributed by atoms with van der Waals surface area (Å²) in [5.74, 6) is -0.0837. The molecule has 0 radical (unpaired) electrons. The van der Waals surface area contributed by atoms with Gasteiger partial charge in [0.15, 0.2) is 0 Å². The second-order valence-corrected chi connectivity index (χ2v) is 5.30. The molecule has 1 aromatic rings.